The van der Waals surface area contributed by atoms with Gasteiger partial charge < -0.3 is 10.1 Å². The van der Waals surface area contributed by atoms with Gasteiger partial charge in [-0.2, -0.15) is 10.2 Å². The first-order valence-corrected chi connectivity index (χ1v) is 12.0. The van der Waals surface area contributed by atoms with Crippen molar-refractivity contribution < 1.29 is 13.9 Å². The molecule has 7 nitrogen and oxygen atoms in total. The first kappa shape index (κ1) is 22.5. The van der Waals surface area contributed by atoms with Crippen LogP contribution in [0.25, 0.3) is 32.9 Å². The molecule has 8 heteroatoms. The van der Waals surface area contributed by atoms with Crippen LogP contribution in [0.1, 0.15) is 43.7 Å². The third-order valence-corrected chi connectivity index (χ3v) is 6.88. The number of rotatable bonds is 7. The van der Waals surface area contributed by atoms with Gasteiger partial charge in [-0.3, -0.25) is 14.2 Å². The van der Waals surface area contributed by atoms with E-state index in [2.05, 4.69) is 16.5 Å². The zero-order valence-corrected chi connectivity index (χ0v) is 19.7. The number of carbonyl (C=O) groups excluding carboxylic acids is 1. The molecule has 0 spiro atoms. The first-order valence-electron chi connectivity index (χ1n) is 12.0. The van der Waals surface area contributed by atoms with Crippen molar-refractivity contribution in [2.24, 2.45) is 7.05 Å². The first-order chi connectivity index (χ1) is 16.6. The maximum Gasteiger partial charge on any atom is 0.305 e. The van der Waals surface area contributed by atoms with E-state index in [1.165, 1.54) is 7.11 Å². The van der Waals surface area contributed by atoms with Gasteiger partial charge in [0, 0.05) is 42.3 Å². The van der Waals surface area contributed by atoms with Crippen LogP contribution in [0, 0.1) is 5.82 Å². The molecular weight excluding hydrogens is 433 g/mol. The Morgan fingerprint density at radius 3 is 2.79 bits per heavy atom. The molecule has 0 bridgehead atoms. The van der Waals surface area contributed by atoms with E-state index in [4.69, 9.17) is 9.84 Å². The maximum absolute atomic E-state index is 15.4. The summed E-state index contributed by atoms with van der Waals surface area (Å²) in [5.41, 5.74) is 4.39. The molecule has 0 radical (unpaired) electrons. The second-order valence-corrected chi connectivity index (χ2v) is 9.02. The Morgan fingerprint density at radius 2 is 2.00 bits per heavy atom. The van der Waals surface area contributed by atoms with E-state index in [-0.39, 0.29) is 11.8 Å². The molecule has 1 saturated heterocycles. The van der Waals surface area contributed by atoms with Gasteiger partial charge in [-0.05, 0) is 62.5 Å². The van der Waals surface area contributed by atoms with Crippen molar-refractivity contribution >= 4 is 27.8 Å². The van der Waals surface area contributed by atoms with Crippen molar-refractivity contribution in [3.8, 4) is 11.1 Å². The molecule has 1 aliphatic rings. The molecular formula is C26H30FN5O2. The molecule has 5 rings (SSSR count). The van der Waals surface area contributed by atoms with Gasteiger partial charge in [-0.15, -0.1) is 0 Å². The molecule has 1 N–H and O–H groups in total. The highest BCUT2D eigenvalue weighted by molar-refractivity contribution is 5.99. The Labute approximate surface area is 197 Å². The summed E-state index contributed by atoms with van der Waals surface area (Å²) in [6.45, 7) is 2.61. The van der Waals surface area contributed by atoms with Crippen LogP contribution in [-0.2, 0) is 23.1 Å². The maximum atomic E-state index is 15.4. The fourth-order valence-corrected chi connectivity index (χ4v) is 5.05. The van der Waals surface area contributed by atoms with Gasteiger partial charge in [0.25, 0.3) is 0 Å². The van der Waals surface area contributed by atoms with Crippen LogP contribution in [0.15, 0.2) is 36.5 Å². The minimum atomic E-state index is -0.255. The van der Waals surface area contributed by atoms with Crippen molar-refractivity contribution in [2.45, 2.75) is 44.6 Å². The summed E-state index contributed by atoms with van der Waals surface area (Å²) in [5.74, 6) is -0.121. The van der Waals surface area contributed by atoms with Crippen LogP contribution < -0.4 is 5.32 Å². The number of aryl methyl sites for hydroxylation is 2. The van der Waals surface area contributed by atoms with E-state index >= 15 is 4.39 Å². The molecule has 1 fully saturated rings. The topological polar surface area (TPSA) is 74.0 Å². The highest BCUT2D eigenvalue weighted by Gasteiger charge is 2.25. The molecule has 0 aliphatic carbocycles. The number of methoxy groups -OCH3 is 1. The number of fused-ring (bicyclic) bond motifs is 2. The average Bonchev–Trinajstić information content (AvgIpc) is 3.42. The van der Waals surface area contributed by atoms with E-state index in [0.29, 0.717) is 24.4 Å². The SMILES string of the molecule is COC(=O)CCCCn1nc(C2CCNCC2)c2c(-c3cc4c(cnn4C)cc3F)cccc21. The van der Waals surface area contributed by atoms with Gasteiger partial charge in [-0.1, -0.05) is 12.1 Å². The van der Waals surface area contributed by atoms with Crippen LogP contribution in [-0.4, -0.2) is 45.7 Å². The molecule has 0 atom stereocenters. The Morgan fingerprint density at radius 1 is 1.18 bits per heavy atom. The minimum Gasteiger partial charge on any atom is -0.469 e. The number of esters is 1. The smallest absolute Gasteiger partial charge is 0.305 e. The highest BCUT2D eigenvalue weighted by Crippen LogP contribution is 2.39. The van der Waals surface area contributed by atoms with Crippen LogP contribution in [0.3, 0.4) is 0 Å². The summed E-state index contributed by atoms with van der Waals surface area (Å²) >= 11 is 0. The standard InChI is InChI=1S/C26H30FN5O2/c1-31-23-15-20(21(27)14-18(23)16-29-31)19-6-5-7-22-25(19)26(17-9-11-28-12-10-17)30-32(22)13-4-3-8-24(33)34-2/h5-7,14-17,28H,3-4,8-13H2,1-2H3. The largest absolute Gasteiger partial charge is 0.469 e. The Kier molecular flexibility index (Phi) is 6.32. The minimum absolute atomic E-state index is 0.191. The summed E-state index contributed by atoms with van der Waals surface area (Å²) < 4.78 is 23.9. The van der Waals surface area contributed by atoms with Gasteiger partial charge in [-0.25, -0.2) is 4.39 Å². The van der Waals surface area contributed by atoms with Gasteiger partial charge in [0.15, 0.2) is 0 Å². The van der Waals surface area contributed by atoms with Crippen LogP contribution >= 0.6 is 0 Å². The van der Waals surface area contributed by atoms with E-state index in [0.717, 1.165) is 71.8 Å². The normalized spacial score (nSPS) is 14.8. The summed E-state index contributed by atoms with van der Waals surface area (Å²) in [6, 6.07) is 9.50. The zero-order valence-electron chi connectivity index (χ0n) is 19.7. The fraction of sp³-hybridized carbons (Fsp3) is 0.423. The Balaban J connectivity index is 1.60. The third-order valence-electron chi connectivity index (χ3n) is 6.88. The predicted octanol–water partition coefficient (Wildman–Crippen LogP) is 4.54. The molecule has 0 amide bonds. The summed E-state index contributed by atoms with van der Waals surface area (Å²) in [7, 11) is 3.29. The van der Waals surface area contributed by atoms with E-state index in [9.17, 15) is 4.79 Å². The number of unbranched alkanes of at least 4 members (excludes halogenated alkanes) is 1. The second-order valence-electron chi connectivity index (χ2n) is 9.02. The lowest BCUT2D eigenvalue weighted by atomic mass is 9.89. The van der Waals surface area contributed by atoms with Crippen molar-refractivity contribution in [3.05, 3.63) is 48.0 Å². The molecule has 4 aromatic rings. The zero-order chi connectivity index (χ0) is 23.7. The molecule has 1 aliphatic heterocycles. The van der Waals surface area contributed by atoms with Crippen LogP contribution in [0.5, 0.6) is 0 Å². The van der Waals surface area contributed by atoms with Crippen molar-refractivity contribution in [3.63, 3.8) is 0 Å². The number of nitrogens with one attached hydrogen (secondary N) is 1. The van der Waals surface area contributed by atoms with E-state index < -0.39 is 0 Å². The predicted molar refractivity (Wildman–Crippen MR) is 130 cm³/mol. The number of hydrogen-bond donors (Lipinski definition) is 1. The van der Waals surface area contributed by atoms with Crippen LogP contribution in [0.2, 0.25) is 0 Å². The number of ether oxygens (including phenoxy) is 1. The van der Waals surface area contributed by atoms with E-state index in [1.54, 1.807) is 16.9 Å². The Bertz CT molecular complexity index is 1340. The molecule has 178 valence electrons. The van der Waals surface area contributed by atoms with Gasteiger partial charge in [0.1, 0.15) is 5.82 Å². The number of nitrogens with zero attached hydrogens (tertiary/aromatic N) is 4. The van der Waals surface area contributed by atoms with Crippen LogP contribution in [0.4, 0.5) is 4.39 Å². The lowest BCUT2D eigenvalue weighted by molar-refractivity contribution is -0.140. The van der Waals surface area contributed by atoms with Crippen molar-refractivity contribution in [1.29, 1.82) is 0 Å². The molecule has 0 unspecified atom stereocenters. The van der Waals surface area contributed by atoms with Gasteiger partial charge >= 0.3 is 5.97 Å². The quantitative estimate of drug-likeness (QED) is 0.322. The van der Waals surface area contributed by atoms with Crippen molar-refractivity contribution in [1.82, 2.24) is 24.9 Å². The number of aromatic nitrogens is 4. The Hall–Kier alpha value is -3.26. The summed E-state index contributed by atoms with van der Waals surface area (Å²) in [4.78, 5) is 11.5. The average molecular weight is 464 g/mol. The molecule has 2 aromatic carbocycles. The molecule has 2 aromatic heterocycles. The summed E-state index contributed by atoms with van der Waals surface area (Å²) in [6.07, 6.45) is 5.66. The highest BCUT2D eigenvalue weighted by atomic mass is 19.1. The number of carbonyl (C=O) groups is 1. The van der Waals surface area contributed by atoms with E-state index in [1.807, 2.05) is 29.9 Å². The second kappa shape index (κ2) is 9.54. The lowest BCUT2D eigenvalue weighted by Crippen LogP contribution is -2.27. The molecule has 0 saturated carbocycles. The number of piperidine rings is 1. The van der Waals surface area contributed by atoms with Crippen molar-refractivity contribution in [2.75, 3.05) is 20.2 Å². The third kappa shape index (κ3) is 4.18. The molecule has 34 heavy (non-hydrogen) atoms. The number of benzene rings is 2. The fourth-order valence-electron chi connectivity index (χ4n) is 5.05. The van der Waals surface area contributed by atoms with Gasteiger partial charge in [0.2, 0.25) is 0 Å². The number of halogens is 1. The molecule has 3 heterocycles. The summed E-state index contributed by atoms with van der Waals surface area (Å²) in [5, 5.41) is 14.6. The lowest BCUT2D eigenvalue weighted by Gasteiger charge is -2.21. The number of hydrogen-bond acceptors (Lipinski definition) is 5. The van der Waals surface area contributed by atoms with Gasteiger partial charge in [0.05, 0.1) is 30.0 Å². The monoisotopic (exact) mass is 463 g/mol.